The Morgan fingerprint density at radius 3 is 2.82 bits per heavy atom. The fraction of sp³-hybridized carbons (Fsp3) is 0.400. The second-order valence-electron chi connectivity index (χ2n) is 5.13. The van der Waals surface area contributed by atoms with Crippen LogP contribution in [0.2, 0.25) is 0 Å². The van der Waals surface area contributed by atoms with Crippen molar-refractivity contribution in [3.05, 3.63) is 36.0 Å². The van der Waals surface area contributed by atoms with Gasteiger partial charge in [0.1, 0.15) is 5.82 Å². The van der Waals surface area contributed by atoms with E-state index in [1.807, 2.05) is 19.0 Å². The Hall–Kier alpha value is -2.28. The molecule has 22 heavy (non-hydrogen) atoms. The van der Waals surface area contributed by atoms with Crippen LogP contribution < -0.4 is 5.32 Å². The first-order valence-electron chi connectivity index (χ1n) is 7.05. The van der Waals surface area contributed by atoms with Crippen molar-refractivity contribution in [2.45, 2.75) is 12.8 Å². The molecule has 0 unspecified atom stereocenters. The lowest BCUT2D eigenvalue weighted by molar-refractivity contribution is -0.121. The molecule has 0 spiro atoms. The fourth-order valence-electron chi connectivity index (χ4n) is 1.83. The van der Waals surface area contributed by atoms with E-state index in [1.165, 1.54) is 6.07 Å². The Morgan fingerprint density at radius 2 is 2.09 bits per heavy atom. The molecule has 0 saturated heterocycles. The topological polar surface area (TPSA) is 71.3 Å². The number of hydrogen-bond acceptors (Lipinski definition) is 5. The van der Waals surface area contributed by atoms with Crippen molar-refractivity contribution in [2.24, 2.45) is 0 Å². The first-order valence-corrected chi connectivity index (χ1v) is 7.05. The maximum Gasteiger partial charge on any atom is 0.250 e. The Balaban J connectivity index is 1.85. The number of nitrogens with zero attached hydrogens (tertiary/aromatic N) is 3. The van der Waals surface area contributed by atoms with Crippen molar-refractivity contribution in [1.82, 2.24) is 20.4 Å². The second kappa shape index (κ2) is 7.65. The van der Waals surface area contributed by atoms with Gasteiger partial charge in [0.05, 0.1) is 5.56 Å². The minimum atomic E-state index is -0.417. The van der Waals surface area contributed by atoms with Gasteiger partial charge in [0.15, 0.2) is 0 Å². The van der Waals surface area contributed by atoms with E-state index in [1.54, 1.807) is 18.2 Å². The van der Waals surface area contributed by atoms with Gasteiger partial charge < -0.3 is 14.6 Å². The largest absolute Gasteiger partial charge is 0.421 e. The summed E-state index contributed by atoms with van der Waals surface area (Å²) in [6, 6.07) is 6.19. The van der Waals surface area contributed by atoms with Crippen LogP contribution in [-0.2, 0) is 11.2 Å². The van der Waals surface area contributed by atoms with Crippen LogP contribution in [0.4, 0.5) is 4.39 Å². The van der Waals surface area contributed by atoms with Gasteiger partial charge in [-0.25, -0.2) is 4.39 Å². The van der Waals surface area contributed by atoms with Crippen LogP contribution in [0.15, 0.2) is 28.7 Å². The molecule has 1 aromatic carbocycles. The Labute approximate surface area is 128 Å². The van der Waals surface area contributed by atoms with E-state index >= 15 is 0 Å². The summed E-state index contributed by atoms with van der Waals surface area (Å²) in [5.74, 6) is -0.0475. The third-order valence-corrected chi connectivity index (χ3v) is 3.02. The maximum atomic E-state index is 13.6. The Bertz CT molecular complexity index is 628. The zero-order chi connectivity index (χ0) is 15.9. The average molecular weight is 306 g/mol. The molecule has 0 saturated carbocycles. The van der Waals surface area contributed by atoms with E-state index < -0.39 is 5.82 Å². The number of carbonyl (C=O) groups is 1. The van der Waals surface area contributed by atoms with Crippen LogP contribution in [0.1, 0.15) is 12.3 Å². The number of nitrogens with one attached hydrogen (secondary N) is 1. The van der Waals surface area contributed by atoms with Crippen molar-refractivity contribution < 1.29 is 13.6 Å². The normalized spacial score (nSPS) is 10.9. The van der Waals surface area contributed by atoms with Crippen molar-refractivity contribution in [3.8, 4) is 11.5 Å². The molecular weight excluding hydrogens is 287 g/mol. The highest BCUT2D eigenvalue weighted by molar-refractivity contribution is 5.76. The van der Waals surface area contributed by atoms with Crippen LogP contribution in [0.25, 0.3) is 11.5 Å². The highest BCUT2D eigenvalue weighted by atomic mass is 19.1. The molecule has 0 bridgehead atoms. The summed E-state index contributed by atoms with van der Waals surface area (Å²) in [5.41, 5.74) is 0.261. The van der Waals surface area contributed by atoms with Gasteiger partial charge in [0, 0.05) is 25.9 Å². The molecule has 2 aromatic rings. The molecule has 0 aliphatic carbocycles. The first kappa shape index (κ1) is 16.1. The van der Waals surface area contributed by atoms with Gasteiger partial charge in [0.25, 0.3) is 5.89 Å². The van der Waals surface area contributed by atoms with Crippen LogP contribution in [-0.4, -0.2) is 48.2 Å². The van der Waals surface area contributed by atoms with Gasteiger partial charge in [-0.05, 0) is 26.2 Å². The van der Waals surface area contributed by atoms with Gasteiger partial charge >= 0.3 is 0 Å². The standard InChI is InChI=1S/C15H19FN4O2/c1-20(2)10-9-17-13(21)7-8-14-18-19-15(22-14)11-5-3-4-6-12(11)16/h3-6H,7-10H2,1-2H3,(H,17,21). The third kappa shape index (κ3) is 4.63. The molecule has 0 atom stereocenters. The molecule has 2 rings (SSSR count). The summed E-state index contributed by atoms with van der Waals surface area (Å²) in [7, 11) is 3.88. The Kier molecular flexibility index (Phi) is 5.60. The quantitative estimate of drug-likeness (QED) is 0.839. The summed E-state index contributed by atoms with van der Waals surface area (Å²) in [5, 5.41) is 10.5. The molecule has 0 fully saturated rings. The minimum Gasteiger partial charge on any atom is -0.421 e. The predicted octanol–water partition coefficient (Wildman–Crippen LogP) is 1.49. The zero-order valence-corrected chi connectivity index (χ0v) is 12.7. The summed E-state index contributed by atoms with van der Waals surface area (Å²) in [4.78, 5) is 13.6. The molecule has 1 heterocycles. The third-order valence-electron chi connectivity index (χ3n) is 3.02. The fourth-order valence-corrected chi connectivity index (χ4v) is 1.83. The molecule has 0 aliphatic rings. The number of hydrogen-bond donors (Lipinski definition) is 1. The summed E-state index contributed by atoms with van der Waals surface area (Å²) < 4.78 is 19.0. The van der Waals surface area contributed by atoms with Gasteiger partial charge in [-0.2, -0.15) is 0 Å². The molecule has 6 nitrogen and oxygen atoms in total. The minimum absolute atomic E-state index is 0.0764. The number of benzene rings is 1. The first-order chi connectivity index (χ1) is 10.6. The van der Waals surface area contributed by atoms with E-state index in [4.69, 9.17) is 4.42 Å². The van der Waals surface area contributed by atoms with Crippen LogP contribution in [0, 0.1) is 5.82 Å². The number of carbonyl (C=O) groups excluding carboxylic acids is 1. The van der Waals surface area contributed by atoms with Gasteiger partial charge in [0.2, 0.25) is 11.8 Å². The van der Waals surface area contributed by atoms with E-state index in [9.17, 15) is 9.18 Å². The SMILES string of the molecule is CN(C)CCNC(=O)CCc1nnc(-c2ccccc2F)o1. The Morgan fingerprint density at radius 1 is 1.32 bits per heavy atom. The van der Waals surface area contributed by atoms with Crippen molar-refractivity contribution in [1.29, 1.82) is 0 Å². The van der Waals surface area contributed by atoms with Crippen LogP contribution >= 0.6 is 0 Å². The lowest BCUT2D eigenvalue weighted by Crippen LogP contribution is -2.31. The van der Waals surface area contributed by atoms with Crippen molar-refractivity contribution in [3.63, 3.8) is 0 Å². The summed E-state index contributed by atoms with van der Waals surface area (Å²) in [6.45, 7) is 1.37. The maximum absolute atomic E-state index is 13.6. The number of halogens is 1. The van der Waals surface area contributed by atoms with E-state index in [2.05, 4.69) is 15.5 Å². The number of amides is 1. The molecule has 1 aromatic heterocycles. The lowest BCUT2D eigenvalue weighted by Gasteiger charge is -2.09. The molecule has 118 valence electrons. The van der Waals surface area contributed by atoms with Gasteiger partial charge in [-0.1, -0.05) is 12.1 Å². The lowest BCUT2D eigenvalue weighted by atomic mass is 10.2. The van der Waals surface area contributed by atoms with Crippen molar-refractivity contribution >= 4 is 5.91 Å². The molecule has 1 amide bonds. The number of aromatic nitrogens is 2. The number of aryl methyl sites for hydroxylation is 1. The highest BCUT2D eigenvalue weighted by Crippen LogP contribution is 2.21. The molecule has 1 N–H and O–H groups in total. The average Bonchev–Trinajstić information content (AvgIpc) is 2.94. The highest BCUT2D eigenvalue weighted by Gasteiger charge is 2.13. The van der Waals surface area contributed by atoms with E-state index in [0.29, 0.717) is 18.9 Å². The smallest absolute Gasteiger partial charge is 0.250 e. The summed E-state index contributed by atoms with van der Waals surface area (Å²) >= 11 is 0. The van der Waals surface area contributed by atoms with E-state index in [-0.39, 0.29) is 23.8 Å². The molecular formula is C15H19FN4O2. The zero-order valence-electron chi connectivity index (χ0n) is 12.7. The van der Waals surface area contributed by atoms with Gasteiger partial charge in [-0.15, -0.1) is 10.2 Å². The summed E-state index contributed by atoms with van der Waals surface area (Å²) in [6.07, 6.45) is 0.585. The second-order valence-corrected chi connectivity index (χ2v) is 5.13. The molecule has 7 heteroatoms. The number of rotatable bonds is 7. The van der Waals surface area contributed by atoms with E-state index in [0.717, 1.165) is 6.54 Å². The van der Waals surface area contributed by atoms with Crippen LogP contribution in [0.3, 0.4) is 0 Å². The monoisotopic (exact) mass is 306 g/mol. The predicted molar refractivity (Wildman–Crippen MR) is 79.6 cm³/mol. The van der Waals surface area contributed by atoms with Gasteiger partial charge in [-0.3, -0.25) is 4.79 Å². The van der Waals surface area contributed by atoms with Crippen LogP contribution in [0.5, 0.6) is 0 Å². The molecule has 0 radical (unpaired) electrons. The number of likely N-dealkylation sites (N-methyl/N-ethyl adjacent to an activating group) is 1. The van der Waals surface area contributed by atoms with Crippen molar-refractivity contribution in [2.75, 3.05) is 27.2 Å². The molecule has 0 aliphatic heterocycles.